The number of ether oxygens (including phenoxy) is 2. The van der Waals surface area contributed by atoms with E-state index in [2.05, 4.69) is 4.98 Å². The van der Waals surface area contributed by atoms with Gasteiger partial charge < -0.3 is 14.6 Å². The number of carboxylic acid groups (broad SMARTS) is 1. The molecule has 0 amide bonds. The van der Waals surface area contributed by atoms with Crippen LogP contribution in [-0.4, -0.2) is 23.2 Å². The lowest BCUT2D eigenvalue weighted by Gasteiger charge is -2.09. The summed E-state index contributed by atoms with van der Waals surface area (Å²) in [5.74, 6) is 0.390. The standard InChI is InChI=1S/C13H11NO4/c1-17-11-4-2-3-5-12(11)18-9-6-7-14-10(8-9)13(15)16/h2-8H,1H3,(H,15,16). The van der Waals surface area contributed by atoms with Crippen LogP contribution in [0, 0.1) is 0 Å². The van der Waals surface area contributed by atoms with Crippen molar-refractivity contribution in [2.24, 2.45) is 0 Å². The molecule has 1 aromatic carbocycles. The van der Waals surface area contributed by atoms with Crippen molar-refractivity contribution in [1.29, 1.82) is 0 Å². The first-order valence-electron chi connectivity index (χ1n) is 5.21. The fourth-order valence-electron chi connectivity index (χ4n) is 1.42. The Balaban J connectivity index is 2.28. The highest BCUT2D eigenvalue weighted by Crippen LogP contribution is 2.30. The maximum Gasteiger partial charge on any atom is 0.354 e. The van der Waals surface area contributed by atoms with E-state index in [1.165, 1.54) is 19.4 Å². The highest BCUT2D eigenvalue weighted by molar-refractivity contribution is 5.85. The van der Waals surface area contributed by atoms with Crippen LogP contribution in [0.3, 0.4) is 0 Å². The molecule has 0 aliphatic carbocycles. The van der Waals surface area contributed by atoms with Crippen LogP contribution in [0.15, 0.2) is 42.6 Å². The average Bonchev–Trinajstić information content (AvgIpc) is 2.39. The van der Waals surface area contributed by atoms with Gasteiger partial charge in [0.1, 0.15) is 5.75 Å². The Labute approximate surface area is 104 Å². The third-order valence-electron chi connectivity index (χ3n) is 2.25. The van der Waals surface area contributed by atoms with E-state index in [-0.39, 0.29) is 5.69 Å². The van der Waals surface area contributed by atoms with Crippen LogP contribution in [0.2, 0.25) is 0 Å². The fourth-order valence-corrected chi connectivity index (χ4v) is 1.42. The zero-order valence-electron chi connectivity index (χ0n) is 9.66. The molecule has 0 bridgehead atoms. The minimum absolute atomic E-state index is 0.0672. The van der Waals surface area contributed by atoms with Gasteiger partial charge >= 0.3 is 5.97 Å². The van der Waals surface area contributed by atoms with Gasteiger partial charge in [0.25, 0.3) is 0 Å². The van der Waals surface area contributed by atoms with E-state index in [9.17, 15) is 4.79 Å². The van der Waals surface area contributed by atoms with Gasteiger partial charge in [-0.15, -0.1) is 0 Å². The third kappa shape index (κ3) is 2.57. The molecule has 92 valence electrons. The van der Waals surface area contributed by atoms with Crippen LogP contribution in [0.5, 0.6) is 17.2 Å². The molecule has 0 atom stereocenters. The van der Waals surface area contributed by atoms with Crippen LogP contribution in [-0.2, 0) is 0 Å². The molecule has 0 radical (unpaired) electrons. The monoisotopic (exact) mass is 245 g/mol. The number of nitrogens with zero attached hydrogens (tertiary/aromatic N) is 1. The van der Waals surface area contributed by atoms with Crippen molar-refractivity contribution in [3.05, 3.63) is 48.3 Å². The van der Waals surface area contributed by atoms with Crippen LogP contribution < -0.4 is 9.47 Å². The molecule has 0 saturated heterocycles. The molecule has 0 spiro atoms. The number of hydrogen-bond donors (Lipinski definition) is 1. The quantitative estimate of drug-likeness (QED) is 0.896. The molecule has 1 N–H and O–H groups in total. The van der Waals surface area contributed by atoms with Gasteiger partial charge in [-0.2, -0.15) is 0 Å². The summed E-state index contributed by atoms with van der Waals surface area (Å²) in [4.78, 5) is 14.5. The molecule has 18 heavy (non-hydrogen) atoms. The Morgan fingerprint density at radius 1 is 1.22 bits per heavy atom. The van der Waals surface area contributed by atoms with Crippen molar-refractivity contribution in [3.63, 3.8) is 0 Å². The predicted octanol–water partition coefficient (Wildman–Crippen LogP) is 2.58. The molecule has 2 aromatic rings. The van der Waals surface area contributed by atoms with Gasteiger partial charge in [-0.05, 0) is 18.2 Å². The van der Waals surface area contributed by atoms with E-state index in [0.29, 0.717) is 17.2 Å². The molecular formula is C13H11NO4. The smallest absolute Gasteiger partial charge is 0.354 e. The normalized spacial score (nSPS) is 9.83. The molecule has 2 rings (SSSR count). The Morgan fingerprint density at radius 3 is 2.61 bits per heavy atom. The Morgan fingerprint density at radius 2 is 1.94 bits per heavy atom. The first-order valence-corrected chi connectivity index (χ1v) is 5.21. The summed E-state index contributed by atoms with van der Waals surface area (Å²) in [6.45, 7) is 0. The van der Waals surface area contributed by atoms with Crippen molar-refractivity contribution in [2.45, 2.75) is 0 Å². The van der Waals surface area contributed by atoms with Gasteiger partial charge in [0.2, 0.25) is 0 Å². The van der Waals surface area contributed by atoms with Crippen molar-refractivity contribution in [1.82, 2.24) is 4.98 Å². The molecule has 0 fully saturated rings. The number of hydrogen-bond acceptors (Lipinski definition) is 4. The fraction of sp³-hybridized carbons (Fsp3) is 0.0769. The number of para-hydroxylation sites is 2. The number of carboxylic acids is 1. The van der Waals surface area contributed by atoms with E-state index in [0.717, 1.165) is 0 Å². The van der Waals surface area contributed by atoms with Gasteiger partial charge in [0.05, 0.1) is 7.11 Å². The Kier molecular flexibility index (Phi) is 3.43. The minimum atomic E-state index is -1.10. The molecule has 0 aliphatic rings. The van der Waals surface area contributed by atoms with Crippen molar-refractivity contribution < 1.29 is 19.4 Å². The van der Waals surface area contributed by atoms with E-state index < -0.39 is 5.97 Å². The maximum atomic E-state index is 10.8. The molecule has 0 unspecified atom stereocenters. The predicted molar refractivity (Wildman–Crippen MR) is 64.3 cm³/mol. The number of aromatic nitrogens is 1. The van der Waals surface area contributed by atoms with Crippen molar-refractivity contribution >= 4 is 5.97 Å². The topological polar surface area (TPSA) is 68.7 Å². The van der Waals surface area contributed by atoms with Gasteiger partial charge in [-0.3, -0.25) is 0 Å². The molecule has 5 nitrogen and oxygen atoms in total. The van der Waals surface area contributed by atoms with Crippen LogP contribution in [0.1, 0.15) is 10.5 Å². The Hall–Kier alpha value is -2.56. The summed E-state index contributed by atoms with van der Waals surface area (Å²) in [6, 6.07) is 10.1. The lowest BCUT2D eigenvalue weighted by molar-refractivity contribution is 0.0690. The SMILES string of the molecule is COc1ccccc1Oc1ccnc(C(=O)O)c1. The second-order valence-corrected chi connectivity index (χ2v) is 3.43. The zero-order chi connectivity index (χ0) is 13.0. The van der Waals surface area contributed by atoms with Gasteiger partial charge in [-0.25, -0.2) is 9.78 Å². The molecule has 5 heteroatoms. The highest BCUT2D eigenvalue weighted by Gasteiger charge is 2.08. The van der Waals surface area contributed by atoms with Crippen LogP contribution in [0.4, 0.5) is 0 Å². The molecule has 0 saturated carbocycles. The molecule has 1 heterocycles. The first-order chi connectivity index (χ1) is 8.70. The molecule has 1 aromatic heterocycles. The second-order valence-electron chi connectivity index (χ2n) is 3.43. The summed E-state index contributed by atoms with van der Waals surface area (Å²) in [5.41, 5.74) is -0.0672. The Bertz CT molecular complexity index is 568. The number of pyridine rings is 1. The summed E-state index contributed by atoms with van der Waals surface area (Å²) >= 11 is 0. The summed E-state index contributed by atoms with van der Waals surface area (Å²) < 4.78 is 10.7. The zero-order valence-corrected chi connectivity index (χ0v) is 9.66. The summed E-state index contributed by atoms with van der Waals surface area (Å²) in [6.07, 6.45) is 1.38. The van der Waals surface area contributed by atoms with E-state index in [4.69, 9.17) is 14.6 Å². The molecular weight excluding hydrogens is 234 g/mol. The lowest BCUT2D eigenvalue weighted by Crippen LogP contribution is -2.00. The number of benzene rings is 1. The van der Waals surface area contributed by atoms with Crippen molar-refractivity contribution in [3.8, 4) is 17.2 Å². The van der Waals surface area contributed by atoms with E-state index in [1.807, 2.05) is 6.07 Å². The largest absolute Gasteiger partial charge is 0.493 e. The van der Waals surface area contributed by atoms with Gasteiger partial charge in [0, 0.05) is 12.3 Å². The van der Waals surface area contributed by atoms with E-state index in [1.54, 1.807) is 24.3 Å². The number of carbonyl (C=O) groups is 1. The number of aromatic carboxylic acids is 1. The minimum Gasteiger partial charge on any atom is -0.493 e. The van der Waals surface area contributed by atoms with E-state index >= 15 is 0 Å². The van der Waals surface area contributed by atoms with Crippen LogP contribution in [0.25, 0.3) is 0 Å². The van der Waals surface area contributed by atoms with Crippen LogP contribution >= 0.6 is 0 Å². The highest BCUT2D eigenvalue weighted by atomic mass is 16.5. The molecule has 0 aliphatic heterocycles. The maximum absolute atomic E-state index is 10.8. The van der Waals surface area contributed by atoms with Crippen molar-refractivity contribution in [2.75, 3.05) is 7.11 Å². The lowest BCUT2D eigenvalue weighted by atomic mass is 10.3. The van der Waals surface area contributed by atoms with Gasteiger partial charge in [-0.1, -0.05) is 12.1 Å². The third-order valence-corrected chi connectivity index (χ3v) is 2.25. The second kappa shape index (κ2) is 5.18. The number of methoxy groups -OCH3 is 1. The average molecular weight is 245 g/mol. The summed E-state index contributed by atoms with van der Waals surface area (Å²) in [7, 11) is 1.54. The first kappa shape index (κ1) is 11.9. The summed E-state index contributed by atoms with van der Waals surface area (Å²) in [5, 5.41) is 8.83. The van der Waals surface area contributed by atoms with Gasteiger partial charge in [0.15, 0.2) is 17.2 Å². The number of rotatable bonds is 4.